The molecule has 0 saturated carbocycles. The smallest absolute Gasteiger partial charge is 0.472 e. The van der Waals surface area contributed by atoms with E-state index in [2.05, 4.69) is 79.9 Å². The van der Waals surface area contributed by atoms with Crippen molar-refractivity contribution in [1.29, 1.82) is 0 Å². The van der Waals surface area contributed by atoms with Crippen LogP contribution in [-0.4, -0.2) is 64.9 Å². The Morgan fingerprint density at radius 1 is 0.516 bits per heavy atom. The molecule has 0 aromatic rings. The van der Waals surface area contributed by atoms with Crippen LogP contribution < -0.4 is 5.32 Å². The molecule has 366 valence electrons. The molecule has 0 bridgehead atoms. The van der Waals surface area contributed by atoms with Crippen LogP contribution >= 0.6 is 7.82 Å². The fourth-order valence-corrected chi connectivity index (χ4v) is 7.23. The minimum atomic E-state index is -4.79. The number of aliphatic hydroxyl groups is 1. The second-order valence-electron chi connectivity index (χ2n) is 16.3. The molecule has 3 atom stereocenters. The van der Waals surface area contributed by atoms with Gasteiger partial charge in [-0.2, -0.15) is 0 Å². The number of carboxylic acid groups (broad SMARTS) is 1. The Bertz CT molecular complexity index is 1400. The van der Waals surface area contributed by atoms with Gasteiger partial charge in [-0.25, -0.2) is 9.36 Å². The van der Waals surface area contributed by atoms with E-state index < -0.39 is 57.6 Å². The van der Waals surface area contributed by atoms with Crippen LogP contribution in [0, 0.1) is 0 Å². The van der Waals surface area contributed by atoms with Gasteiger partial charge in [0.15, 0.2) is 6.04 Å². The number of aliphatic carboxylic acids is 1. The van der Waals surface area contributed by atoms with E-state index >= 15 is 0 Å². The first-order chi connectivity index (χ1) is 31.1. The number of carbonyl (C=O) groups is 3. The highest BCUT2D eigenvalue weighted by Crippen LogP contribution is 2.43. The fourth-order valence-electron chi connectivity index (χ4n) is 6.46. The molecule has 0 saturated heterocycles. The molecule has 0 aromatic heterocycles. The highest BCUT2D eigenvalue weighted by Gasteiger charge is 2.28. The van der Waals surface area contributed by atoms with Crippen molar-refractivity contribution in [2.45, 2.75) is 206 Å². The van der Waals surface area contributed by atoms with Crippen LogP contribution in [0.5, 0.6) is 0 Å². The molecule has 11 nitrogen and oxygen atoms in total. The van der Waals surface area contributed by atoms with E-state index in [1.807, 2.05) is 18.2 Å². The lowest BCUT2D eigenvalue weighted by Crippen LogP contribution is -2.43. The number of nitrogens with one attached hydrogen (secondary N) is 1. The molecule has 0 spiro atoms. The van der Waals surface area contributed by atoms with Crippen molar-refractivity contribution in [2.75, 3.05) is 19.8 Å². The summed E-state index contributed by atoms with van der Waals surface area (Å²) in [7, 11) is -4.79. The molecule has 0 rings (SSSR count). The van der Waals surface area contributed by atoms with E-state index in [1.54, 1.807) is 6.08 Å². The summed E-state index contributed by atoms with van der Waals surface area (Å²) in [6.07, 6.45) is 57.7. The average Bonchev–Trinajstić information content (AvgIpc) is 3.27. The third kappa shape index (κ3) is 45.2. The van der Waals surface area contributed by atoms with E-state index in [0.717, 1.165) is 57.8 Å². The quantitative estimate of drug-likeness (QED) is 0.0200. The summed E-state index contributed by atoms with van der Waals surface area (Å²) >= 11 is 0. The molecule has 0 aliphatic carbocycles. The third-order valence-corrected chi connectivity index (χ3v) is 11.2. The highest BCUT2D eigenvalue weighted by molar-refractivity contribution is 7.47. The largest absolute Gasteiger partial charge is 0.480 e. The Morgan fingerprint density at radius 3 is 1.27 bits per heavy atom. The molecule has 12 heteroatoms. The number of carboxylic acids is 1. The minimum absolute atomic E-state index is 0.0142. The van der Waals surface area contributed by atoms with Crippen molar-refractivity contribution in [1.82, 2.24) is 5.32 Å². The van der Waals surface area contributed by atoms with Gasteiger partial charge in [-0.15, -0.1) is 0 Å². The fraction of sp³-hybridized carbons (Fsp3) is 0.673. The Morgan fingerprint density at radius 2 is 0.875 bits per heavy atom. The van der Waals surface area contributed by atoms with Gasteiger partial charge in [-0.1, -0.05) is 214 Å². The summed E-state index contributed by atoms with van der Waals surface area (Å²) in [5.41, 5.74) is 0. The third-order valence-electron chi connectivity index (χ3n) is 10.2. The van der Waals surface area contributed by atoms with E-state index in [9.17, 15) is 34.1 Å². The number of hydrogen-bond acceptors (Lipinski definition) is 8. The van der Waals surface area contributed by atoms with Crippen LogP contribution in [0.25, 0.3) is 0 Å². The Balaban J connectivity index is 3.96. The van der Waals surface area contributed by atoms with E-state index in [0.29, 0.717) is 12.8 Å². The van der Waals surface area contributed by atoms with Gasteiger partial charge < -0.3 is 25.2 Å². The van der Waals surface area contributed by atoms with E-state index in [-0.39, 0.29) is 12.8 Å². The van der Waals surface area contributed by atoms with Crippen LogP contribution in [0.15, 0.2) is 85.1 Å². The van der Waals surface area contributed by atoms with Crippen molar-refractivity contribution in [3.8, 4) is 0 Å². The lowest BCUT2D eigenvalue weighted by atomic mass is 10.0. The maximum Gasteiger partial charge on any atom is 0.472 e. The van der Waals surface area contributed by atoms with Gasteiger partial charge >= 0.3 is 19.8 Å². The molecular weight excluding hydrogens is 830 g/mol. The second-order valence-corrected chi connectivity index (χ2v) is 17.7. The van der Waals surface area contributed by atoms with Crippen molar-refractivity contribution in [3.63, 3.8) is 0 Å². The van der Waals surface area contributed by atoms with Gasteiger partial charge in [0.1, 0.15) is 12.7 Å². The van der Waals surface area contributed by atoms with Crippen molar-refractivity contribution in [2.24, 2.45) is 0 Å². The van der Waals surface area contributed by atoms with E-state index in [1.165, 1.54) is 96.3 Å². The topological polar surface area (TPSA) is 169 Å². The number of allylic oxidation sites excluding steroid dienone is 13. The number of aliphatic hydroxyl groups excluding tert-OH is 1. The summed E-state index contributed by atoms with van der Waals surface area (Å²) in [6, 6.07) is -1.56. The highest BCUT2D eigenvalue weighted by atomic mass is 31.2. The number of unbranched alkanes of at least 4 members (excludes halogenated alkanes) is 18. The molecule has 0 fully saturated rings. The molecule has 3 unspecified atom stereocenters. The number of carbonyl (C=O) groups excluding carboxylic acids is 2. The average molecular weight is 918 g/mol. The molecule has 0 aliphatic heterocycles. The Labute approximate surface area is 388 Å². The van der Waals surface area contributed by atoms with Crippen LogP contribution in [0.1, 0.15) is 194 Å². The number of amides is 1. The van der Waals surface area contributed by atoms with E-state index in [4.69, 9.17) is 13.8 Å². The maximum absolute atomic E-state index is 12.4. The maximum atomic E-state index is 12.4. The number of phosphoric acid groups is 1. The Kier molecular flexibility index (Phi) is 43.8. The lowest BCUT2D eigenvalue weighted by Gasteiger charge is -2.18. The molecule has 0 aliphatic rings. The monoisotopic (exact) mass is 918 g/mol. The zero-order chi connectivity index (χ0) is 47.0. The summed E-state index contributed by atoms with van der Waals surface area (Å²) in [5.74, 6) is -2.51. The zero-order valence-electron chi connectivity index (χ0n) is 39.8. The first-order valence-electron chi connectivity index (χ1n) is 24.6. The molecule has 0 radical (unpaired) electrons. The normalized spacial score (nSPS) is 14.3. The zero-order valence-corrected chi connectivity index (χ0v) is 40.7. The summed E-state index contributed by atoms with van der Waals surface area (Å²) < 4.78 is 26.8. The van der Waals surface area contributed by atoms with Gasteiger partial charge in [0.05, 0.1) is 19.6 Å². The molecule has 64 heavy (non-hydrogen) atoms. The number of rotatable bonds is 45. The van der Waals surface area contributed by atoms with Gasteiger partial charge in [0, 0.05) is 6.42 Å². The van der Waals surface area contributed by atoms with Crippen molar-refractivity contribution < 1.29 is 47.8 Å². The van der Waals surface area contributed by atoms with Gasteiger partial charge in [0.2, 0.25) is 5.91 Å². The van der Waals surface area contributed by atoms with Crippen LogP contribution in [-0.2, 0) is 32.7 Å². The SMILES string of the molecule is CC/C=C\C/C=C\C/C=C\C/C=C\C/C=C\C/C=C\C/C=C\CC(=O)OCC(O)COP(=O)(O)OCC(NC(=O)CCCCCCCCCCCCCCCCCCCCC)C(=O)O. The van der Waals surface area contributed by atoms with Crippen LogP contribution in [0.4, 0.5) is 0 Å². The predicted octanol–water partition coefficient (Wildman–Crippen LogP) is 13.4. The number of esters is 1. The summed E-state index contributed by atoms with van der Waals surface area (Å²) in [6.45, 7) is 2.39. The first-order valence-corrected chi connectivity index (χ1v) is 26.1. The minimum Gasteiger partial charge on any atom is -0.480 e. The molecule has 0 aromatic carbocycles. The summed E-state index contributed by atoms with van der Waals surface area (Å²) in [5, 5.41) is 21.9. The molecule has 1 amide bonds. The van der Waals surface area contributed by atoms with Crippen molar-refractivity contribution in [3.05, 3.63) is 85.1 Å². The van der Waals surface area contributed by atoms with Crippen LogP contribution in [0.2, 0.25) is 0 Å². The standard InChI is InChI=1S/C52H88NO10P/c1-3-5-7-9-11-13-15-17-19-21-23-24-26-28-30-32-34-36-38-40-42-44-51(56)61-45-48(54)46-62-64(59,60)63-47-49(52(57)58)53-50(55)43-41-39-37-35-33-31-29-27-25-22-20-18-16-14-12-10-8-6-4-2/h5,7,11,13,17,19,23-24,28,30,34,36,40,42,48-49,54H,3-4,6,8-10,12,14-16,18,20-22,25-27,29,31-33,35,37-39,41,43-47H2,1-2H3,(H,53,55)(H,57,58)(H,59,60)/b7-5-,13-11-,19-17-,24-23-,30-28-,36-34-,42-40-. The lowest BCUT2D eigenvalue weighted by molar-refractivity contribution is -0.146. The van der Waals surface area contributed by atoms with Gasteiger partial charge in [-0.3, -0.25) is 18.6 Å². The van der Waals surface area contributed by atoms with Crippen molar-refractivity contribution >= 4 is 25.7 Å². The van der Waals surface area contributed by atoms with Gasteiger partial charge in [0.25, 0.3) is 0 Å². The van der Waals surface area contributed by atoms with Gasteiger partial charge in [-0.05, 0) is 51.4 Å². The first kappa shape index (κ1) is 60.7. The second kappa shape index (κ2) is 46.2. The number of phosphoric ester groups is 1. The predicted molar refractivity (Wildman–Crippen MR) is 263 cm³/mol. The summed E-state index contributed by atoms with van der Waals surface area (Å²) in [4.78, 5) is 46.0. The molecule has 0 heterocycles. The number of hydrogen-bond donors (Lipinski definition) is 4. The Hall–Kier alpha value is -3.34. The molecule has 4 N–H and O–H groups in total. The molecular formula is C52H88NO10P. The number of ether oxygens (including phenoxy) is 1. The van der Waals surface area contributed by atoms with Crippen LogP contribution in [0.3, 0.4) is 0 Å².